The van der Waals surface area contributed by atoms with Crippen LogP contribution in [0.25, 0.3) is 0 Å². The third kappa shape index (κ3) is 2.89. The van der Waals surface area contributed by atoms with Gasteiger partial charge in [-0.05, 0) is 39.8 Å². The maximum Gasteiger partial charge on any atom is 0.250 e. The summed E-state index contributed by atoms with van der Waals surface area (Å²) in [5.74, 6) is 0.478. The number of carbonyl (C=O) groups excluding carboxylic acids is 1. The number of aryl methyl sites for hydroxylation is 2. The number of anilines is 1. The van der Waals surface area contributed by atoms with E-state index in [1.165, 1.54) is 0 Å². The van der Waals surface area contributed by atoms with Gasteiger partial charge in [0.1, 0.15) is 6.04 Å². The maximum absolute atomic E-state index is 12.4. The average molecular weight is 302 g/mol. The monoisotopic (exact) mass is 302 g/mol. The van der Waals surface area contributed by atoms with Crippen LogP contribution in [-0.2, 0) is 4.79 Å². The molecule has 1 aliphatic heterocycles. The van der Waals surface area contributed by atoms with Crippen molar-refractivity contribution in [2.75, 3.05) is 18.4 Å². The van der Waals surface area contributed by atoms with Crippen molar-refractivity contribution in [2.45, 2.75) is 39.3 Å². The highest BCUT2D eigenvalue weighted by atomic mass is 16.2. The zero-order valence-corrected chi connectivity index (χ0v) is 13.2. The molecule has 0 aliphatic carbocycles. The Morgan fingerprint density at radius 3 is 2.91 bits per heavy atom. The largest absolute Gasteiger partial charge is 0.315 e. The second-order valence-corrected chi connectivity index (χ2v) is 5.86. The van der Waals surface area contributed by atoms with Gasteiger partial charge in [-0.1, -0.05) is 0 Å². The summed E-state index contributed by atoms with van der Waals surface area (Å²) in [6.45, 7) is 7.65. The Morgan fingerprint density at radius 1 is 1.45 bits per heavy atom. The lowest BCUT2D eigenvalue weighted by Gasteiger charge is -2.13. The number of aromatic nitrogens is 4. The van der Waals surface area contributed by atoms with Gasteiger partial charge in [-0.2, -0.15) is 10.2 Å². The zero-order chi connectivity index (χ0) is 15.7. The van der Waals surface area contributed by atoms with Crippen molar-refractivity contribution in [2.24, 2.45) is 0 Å². The smallest absolute Gasteiger partial charge is 0.250 e. The molecule has 2 aromatic rings. The van der Waals surface area contributed by atoms with Crippen molar-refractivity contribution >= 4 is 11.7 Å². The van der Waals surface area contributed by atoms with Crippen LogP contribution < -0.4 is 10.6 Å². The first-order valence-electron chi connectivity index (χ1n) is 7.64. The predicted molar refractivity (Wildman–Crippen MR) is 83.8 cm³/mol. The number of nitrogens with zero attached hydrogens (tertiary/aromatic N) is 4. The molecule has 3 rings (SSSR count). The molecule has 0 bridgehead atoms. The van der Waals surface area contributed by atoms with E-state index < -0.39 is 0 Å². The second kappa shape index (κ2) is 5.92. The van der Waals surface area contributed by atoms with Crippen molar-refractivity contribution in [1.82, 2.24) is 24.9 Å². The van der Waals surface area contributed by atoms with Crippen LogP contribution in [0.1, 0.15) is 36.8 Å². The summed E-state index contributed by atoms with van der Waals surface area (Å²) in [4.78, 5) is 12.4. The first-order valence-corrected chi connectivity index (χ1v) is 7.64. The molecule has 3 heterocycles. The Hall–Kier alpha value is -2.15. The molecule has 0 saturated carbocycles. The van der Waals surface area contributed by atoms with Gasteiger partial charge in [0.15, 0.2) is 5.82 Å². The SMILES string of the molecule is Cc1cc(C)n(C(C)C(=O)Nc2ccn(C3CCNC3)n2)n1. The molecule has 2 N–H and O–H groups in total. The summed E-state index contributed by atoms with van der Waals surface area (Å²) in [5.41, 5.74) is 1.89. The lowest BCUT2D eigenvalue weighted by Crippen LogP contribution is -2.25. The van der Waals surface area contributed by atoms with Gasteiger partial charge < -0.3 is 10.6 Å². The van der Waals surface area contributed by atoms with Gasteiger partial charge in [-0.25, -0.2) is 0 Å². The van der Waals surface area contributed by atoms with Crippen molar-refractivity contribution in [3.63, 3.8) is 0 Å². The Balaban J connectivity index is 1.67. The minimum atomic E-state index is -0.369. The molecule has 22 heavy (non-hydrogen) atoms. The average Bonchev–Trinajstić information content (AvgIpc) is 3.18. The number of nitrogens with one attached hydrogen (secondary N) is 2. The van der Waals surface area contributed by atoms with Gasteiger partial charge in [-0.3, -0.25) is 14.2 Å². The number of hydrogen-bond acceptors (Lipinski definition) is 4. The van der Waals surface area contributed by atoms with Crippen LogP contribution >= 0.6 is 0 Å². The molecule has 0 aromatic carbocycles. The number of rotatable bonds is 4. The van der Waals surface area contributed by atoms with Crippen LogP contribution in [0, 0.1) is 13.8 Å². The molecule has 7 nitrogen and oxygen atoms in total. The lowest BCUT2D eigenvalue weighted by atomic mass is 10.3. The summed E-state index contributed by atoms with van der Waals surface area (Å²) < 4.78 is 3.66. The minimum Gasteiger partial charge on any atom is -0.315 e. The van der Waals surface area contributed by atoms with E-state index in [4.69, 9.17) is 0 Å². The standard InChI is InChI=1S/C15H22N6O/c1-10-8-11(2)21(18-10)12(3)15(22)17-14-5-7-20(19-14)13-4-6-16-9-13/h5,7-8,12-13,16H,4,6,9H2,1-3H3,(H,17,19,22). The van der Waals surface area contributed by atoms with E-state index in [1.807, 2.05) is 43.8 Å². The Labute approximate surface area is 129 Å². The minimum absolute atomic E-state index is 0.110. The number of hydrogen-bond donors (Lipinski definition) is 2. The molecule has 2 unspecified atom stereocenters. The fourth-order valence-electron chi connectivity index (χ4n) is 2.85. The van der Waals surface area contributed by atoms with E-state index in [2.05, 4.69) is 20.8 Å². The molecule has 1 saturated heterocycles. The molecule has 1 amide bonds. The summed E-state index contributed by atoms with van der Waals surface area (Å²) in [7, 11) is 0. The summed E-state index contributed by atoms with van der Waals surface area (Å²) in [6.07, 6.45) is 2.98. The number of amides is 1. The van der Waals surface area contributed by atoms with E-state index in [0.717, 1.165) is 30.9 Å². The van der Waals surface area contributed by atoms with Gasteiger partial charge in [0.05, 0.1) is 11.7 Å². The van der Waals surface area contributed by atoms with Crippen molar-refractivity contribution in [1.29, 1.82) is 0 Å². The van der Waals surface area contributed by atoms with E-state index in [0.29, 0.717) is 11.9 Å². The molecular formula is C15H22N6O. The van der Waals surface area contributed by atoms with Gasteiger partial charge in [0.2, 0.25) is 5.91 Å². The highest BCUT2D eigenvalue weighted by Gasteiger charge is 2.20. The van der Waals surface area contributed by atoms with Crippen molar-refractivity contribution in [3.8, 4) is 0 Å². The predicted octanol–water partition coefficient (Wildman–Crippen LogP) is 1.43. The Kier molecular flexibility index (Phi) is 3.98. The third-order valence-corrected chi connectivity index (χ3v) is 4.06. The van der Waals surface area contributed by atoms with Crippen LogP contribution in [0.5, 0.6) is 0 Å². The van der Waals surface area contributed by atoms with E-state index in [9.17, 15) is 4.79 Å². The molecule has 1 aliphatic rings. The van der Waals surface area contributed by atoms with Crippen molar-refractivity contribution < 1.29 is 4.79 Å². The van der Waals surface area contributed by atoms with Crippen LogP contribution in [0.15, 0.2) is 18.3 Å². The summed E-state index contributed by atoms with van der Waals surface area (Å²) in [6, 6.07) is 3.81. The normalized spacial score (nSPS) is 19.3. The quantitative estimate of drug-likeness (QED) is 0.896. The highest BCUT2D eigenvalue weighted by Crippen LogP contribution is 2.17. The highest BCUT2D eigenvalue weighted by molar-refractivity contribution is 5.92. The Bertz CT molecular complexity index is 667. The lowest BCUT2D eigenvalue weighted by molar-refractivity contribution is -0.119. The zero-order valence-electron chi connectivity index (χ0n) is 13.2. The first kappa shape index (κ1) is 14.8. The molecule has 0 spiro atoms. The van der Waals surface area contributed by atoms with E-state index in [-0.39, 0.29) is 11.9 Å². The second-order valence-electron chi connectivity index (χ2n) is 5.86. The molecular weight excluding hydrogens is 280 g/mol. The van der Waals surface area contributed by atoms with E-state index in [1.54, 1.807) is 4.68 Å². The van der Waals surface area contributed by atoms with Crippen LogP contribution in [-0.4, -0.2) is 38.6 Å². The molecule has 0 radical (unpaired) electrons. The van der Waals surface area contributed by atoms with Crippen molar-refractivity contribution in [3.05, 3.63) is 29.7 Å². The third-order valence-electron chi connectivity index (χ3n) is 4.06. The molecule has 1 fully saturated rings. The van der Waals surface area contributed by atoms with Gasteiger partial charge in [0.25, 0.3) is 0 Å². The maximum atomic E-state index is 12.4. The van der Waals surface area contributed by atoms with Crippen LogP contribution in [0.2, 0.25) is 0 Å². The molecule has 2 atom stereocenters. The van der Waals surface area contributed by atoms with Gasteiger partial charge >= 0.3 is 0 Å². The van der Waals surface area contributed by atoms with Gasteiger partial charge in [-0.15, -0.1) is 0 Å². The topological polar surface area (TPSA) is 76.8 Å². The van der Waals surface area contributed by atoms with Gasteiger partial charge in [0, 0.05) is 24.5 Å². The number of carbonyl (C=O) groups is 1. The molecule has 118 valence electrons. The fraction of sp³-hybridized carbons (Fsp3) is 0.533. The van der Waals surface area contributed by atoms with Crippen LogP contribution in [0.4, 0.5) is 5.82 Å². The summed E-state index contributed by atoms with van der Waals surface area (Å²) in [5, 5.41) is 15.0. The molecule has 7 heteroatoms. The fourth-order valence-corrected chi connectivity index (χ4v) is 2.85. The van der Waals surface area contributed by atoms with Crippen LogP contribution in [0.3, 0.4) is 0 Å². The molecule has 2 aromatic heterocycles. The Morgan fingerprint density at radius 2 is 2.27 bits per heavy atom. The first-order chi connectivity index (χ1) is 10.5. The van der Waals surface area contributed by atoms with E-state index >= 15 is 0 Å². The summed E-state index contributed by atoms with van der Waals surface area (Å²) >= 11 is 0.